The van der Waals surface area contributed by atoms with Gasteiger partial charge in [0.15, 0.2) is 11.6 Å². The van der Waals surface area contributed by atoms with Gasteiger partial charge in [-0.1, -0.05) is 56.3 Å². The largest absolute Gasteiger partial charge is 0.481 e. The first-order valence-corrected chi connectivity index (χ1v) is 7.94. The van der Waals surface area contributed by atoms with Gasteiger partial charge in [-0.15, -0.1) is 0 Å². The fourth-order valence-corrected chi connectivity index (χ4v) is 2.73. The van der Waals surface area contributed by atoms with Gasteiger partial charge in [0.05, 0.1) is 5.92 Å². The Morgan fingerprint density at radius 3 is 1.96 bits per heavy atom. The van der Waals surface area contributed by atoms with Gasteiger partial charge in [0.25, 0.3) is 0 Å². The number of carbonyl (C=O) groups excluding carboxylic acids is 2. The van der Waals surface area contributed by atoms with Gasteiger partial charge >= 0.3 is 5.97 Å². The molecule has 5 heteroatoms. The molecule has 0 aliphatic heterocycles. The predicted molar refractivity (Wildman–Crippen MR) is 90.9 cm³/mol. The summed E-state index contributed by atoms with van der Waals surface area (Å²) in [5.41, 5.74) is 0.608. The number of rotatable bonds is 7. The molecule has 2 unspecified atom stereocenters. The van der Waals surface area contributed by atoms with Crippen molar-refractivity contribution in [3.8, 4) is 0 Å². The summed E-state index contributed by atoms with van der Waals surface area (Å²) < 4.78 is 13.3. The molecule has 0 amide bonds. The lowest BCUT2D eigenvalue weighted by Gasteiger charge is -2.24. The van der Waals surface area contributed by atoms with E-state index < -0.39 is 41.1 Å². The minimum absolute atomic E-state index is 0.302. The van der Waals surface area contributed by atoms with Crippen LogP contribution in [0.25, 0.3) is 0 Å². The number of carbonyl (C=O) groups is 3. The minimum atomic E-state index is -1.53. The van der Waals surface area contributed by atoms with E-state index in [0.717, 1.165) is 12.1 Å². The average molecular weight is 342 g/mol. The Hall–Kier alpha value is -2.82. The van der Waals surface area contributed by atoms with Gasteiger partial charge in [0, 0.05) is 11.5 Å². The molecule has 25 heavy (non-hydrogen) atoms. The first kappa shape index (κ1) is 18.5. The fraction of sp³-hybridized carbons (Fsp3) is 0.250. The van der Waals surface area contributed by atoms with Gasteiger partial charge in [-0.25, -0.2) is 4.39 Å². The van der Waals surface area contributed by atoms with Crippen molar-refractivity contribution in [2.24, 2.45) is 11.8 Å². The molecule has 4 nitrogen and oxygen atoms in total. The van der Waals surface area contributed by atoms with Gasteiger partial charge in [-0.3, -0.25) is 14.4 Å². The first-order chi connectivity index (χ1) is 11.8. The molecular weight excluding hydrogens is 323 g/mol. The SMILES string of the molecule is CC(C)C(=O)C(C(=O)O)C(C(=O)c1ccccc1)c1ccc(F)cc1. The van der Waals surface area contributed by atoms with Crippen molar-refractivity contribution in [2.75, 3.05) is 0 Å². The molecule has 2 aromatic rings. The number of ketones is 2. The van der Waals surface area contributed by atoms with Crippen LogP contribution in [0, 0.1) is 17.7 Å². The topological polar surface area (TPSA) is 71.4 Å². The number of benzene rings is 2. The summed E-state index contributed by atoms with van der Waals surface area (Å²) in [6.07, 6.45) is 0. The zero-order valence-corrected chi connectivity index (χ0v) is 14.0. The summed E-state index contributed by atoms with van der Waals surface area (Å²) in [6, 6.07) is 13.2. The summed E-state index contributed by atoms with van der Waals surface area (Å²) in [7, 11) is 0. The lowest BCUT2D eigenvalue weighted by atomic mass is 9.76. The summed E-state index contributed by atoms with van der Waals surface area (Å²) in [6.45, 7) is 3.18. The van der Waals surface area contributed by atoms with Gasteiger partial charge in [0.2, 0.25) is 0 Å². The maximum absolute atomic E-state index is 13.3. The molecule has 0 radical (unpaired) electrons. The molecule has 2 aromatic carbocycles. The monoisotopic (exact) mass is 342 g/mol. The van der Waals surface area contributed by atoms with Gasteiger partial charge < -0.3 is 5.11 Å². The molecule has 0 fully saturated rings. The number of Topliss-reactive ketones (excluding diaryl/α,β-unsaturated/α-hetero) is 2. The Bertz CT molecular complexity index is 766. The first-order valence-electron chi connectivity index (χ1n) is 7.94. The van der Waals surface area contributed by atoms with Crippen molar-refractivity contribution in [1.82, 2.24) is 0 Å². The quantitative estimate of drug-likeness (QED) is 0.615. The van der Waals surface area contributed by atoms with Crippen molar-refractivity contribution < 1.29 is 23.9 Å². The highest BCUT2D eigenvalue weighted by atomic mass is 19.1. The zero-order valence-electron chi connectivity index (χ0n) is 14.0. The van der Waals surface area contributed by atoms with Gasteiger partial charge in [-0.2, -0.15) is 0 Å². The summed E-state index contributed by atoms with van der Waals surface area (Å²) >= 11 is 0. The predicted octanol–water partition coefficient (Wildman–Crippen LogP) is 3.72. The van der Waals surface area contributed by atoms with E-state index in [2.05, 4.69) is 0 Å². The fourth-order valence-electron chi connectivity index (χ4n) is 2.73. The second-order valence-corrected chi connectivity index (χ2v) is 6.13. The van der Waals surface area contributed by atoms with Crippen LogP contribution in [0.1, 0.15) is 35.7 Å². The second kappa shape index (κ2) is 7.83. The molecule has 2 rings (SSSR count). The number of aliphatic carboxylic acids is 1. The van der Waals surface area contributed by atoms with Crippen LogP contribution in [0.4, 0.5) is 4.39 Å². The Morgan fingerprint density at radius 1 is 0.920 bits per heavy atom. The highest BCUT2D eigenvalue weighted by Gasteiger charge is 2.41. The summed E-state index contributed by atoms with van der Waals surface area (Å²) in [5.74, 6) is -6.17. The Balaban J connectivity index is 2.58. The van der Waals surface area contributed by atoms with Crippen LogP contribution >= 0.6 is 0 Å². The smallest absolute Gasteiger partial charge is 0.315 e. The molecule has 0 aliphatic carbocycles. The van der Waals surface area contributed by atoms with Gasteiger partial charge in [0.1, 0.15) is 11.7 Å². The molecule has 0 aromatic heterocycles. The average Bonchev–Trinajstić information content (AvgIpc) is 2.60. The number of hydrogen-bond acceptors (Lipinski definition) is 3. The van der Waals surface area contributed by atoms with E-state index in [9.17, 15) is 23.9 Å². The molecule has 0 bridgehead atoms. The van der Waals surface area contributed by atoms with Crippen molar-refractivity contribution in [3.05, 3.63) is 71.5 Å². The van der Waals surface area contributed by atoms with Gasteiger partial charge in [-0.05, 0) is 17.7 Å². The molecular formula is C20H19FO4. The van der Waals surface area contributed by atoms with Crippen molar-refractivity contribution in [3.63, 3.8) is 0 Å². The van der Waals surface area contributed by atoms with Crippen LogP contribution in [-0.2, 0) is 9.59 Å². The maximum atomic E-state index is 13.3. The van der Waals surface area contributed by atoms with E-state index in [1.165, 1.54) is 12.1 Å². The summed E-state index contributed by atoms with van der Waals surface area (Å²) in [4.78, 5) is 37.3. The van der Waals surface area contributed by atoms with Crippen LogP contribution in [0.2, 0.25) is 0 Å². The third kappa shape index (κ3) is 4.18. The Labute approximate surface area is 145 Å². The highest BCUT2D eigenvalue weighted by molar-refractivity contribution is 6.10. The Morgan fingerprint density at radius 2 is 1.48 bits per heavy atom. The summed E-state index contributed by atoms with van der Waals surface area (Å²) in [5, 5.41) is 9.63. The number of carboxylic acids is 1. The molecule has 1 N–H and O–H groups in total. The number of hydrogen-bond donors (Lipinski definition) is 1. The number of carboxylic acid groups (broad SMARTS) is 1. The molecule has 0 saturated carbocycles. The number of halogens is 1. The second-order valence-electron chi connectivity index (χ2n) is 6.13. The Kier molecular flexibility index (Phi) is 5.80. The van der Waals surface area contributed by atoms with E-state index in [1.807, 2.05) is 0 Å². The molecule has 0 spiro atoms. The molecule has 130 valence electrons. The highest BCUT2D eigenvalue weighted by Crippen LogP contribution is 2.32. The van der Waals surface area contributed by atoms with E-state index in [1.54, 1.807) is 44.2 Å². The molecule has 0 heterocycles. The molecule has 0 saturated heterocycles. The lowest BCUT2D eigenvalue weighted by Crippen LogP contribution is -2.36. The van der Waals surface area contributed by atoms with E-state index in [4.69, 9.17) is 0 Å². The third-order valence-electron chi connectivity index (χ3n) is 4.04. The van der Waals surface area contributed by atoms with E-state index >= 15 is 0 Å². The normalized spacial score (nSPS) is 13.3. The van der Waals surface area contributed by atoms with Crippen molar-refractivity contribution >= 4 is 17.5 Å². The lowest BCUT2D eigenvalue weighted by molar-refractivity contribution is -0.147. The van der Waals surface area contributed by atoms with Crippen molar-refractivity contribution in [2.45, 2.75) is 19.8 Å². The van der Waals surface area contributed by atoms with Crippen LogP contribution < -0.4 is 0 Å². The van der Waals surface area contributed by atoms with Crippen molar-refractivity contribution in [1.29, 1.82) is 0 Å². The molecule has 0 aliphatic rings. The standard InChI is InChI=1S/C20H19FO4/c1-12(2)18(22)17(20(24)25)16(13-8-10-15(21)11-9-13)19(23)14-6-4-3-5-7-14/h3-12,16-17H,1-2H3,(H,24,25). The van der Waals surface area contributed by atoms with Crippen LogP contribution in [0.5, 0.6) is 0 Å². The third-order valence-corrected chi connectivity index (χ3v) is 4.04. The van der Waals surface area contributed by atoms with E-state index in [-0.39, 0.29) is 0 Å². The zero-order chi connectivity index (χ0) is 18.6. The van der Waals surface area contributed by atoms with Crippen LogP contribution in [0.15, 0.2) is 54.6 Å². The maximum Gasteiger partial charge on any atom is 0.315 e. The van der Waals surface area contributed by atoms with Crippen LogP contribution in [-0.4, -0.2) is 22.6 Å². The minimum Gasteiger partial charge on any atom is -0.481 e. The van der Waals surface area contributed by atoms with Crippen LogP contribution in [0.3, 0.4) is 0 Å². The molecule has 2 atom stereocenters. The van der Waals surface area contributed by atoms with E-state index in [0.29, 0.717) is 11.1 Å².